The number of aliphatic hydroxyl groups is 1. The minimum Gasteiger partial charge on any atom is -0.493 e. The molecule has 4 amide bonds. The van der Waals surface area contributed by atoms with Crippen LogP contribution < -0.4 is 30.2 Å². The number of aliphatic carboxylic acids is 1. The third-order valence-electron chi connectivity index (χ3n) is 14.4. The highest BCUT2D eigenvalue weighted by Gasteiger charge is 2.60. The van der Waals surface area contributed by atoms with Crippen molar-refractivity contribution in [2.24, 2.45) is 17.3 Å². The number of aliphatic hydroxyl groups excluding tert-OH is 1. The van der Waals surface area contributed by atoms with E-state index in [1.165, 1.54) is 21.6 Å². The summed E-state index contributed by atoms with van der Waals surface area (Å²) in [6, 6.07) is 11.1. The number of Topliss-reactive ketones (excluding diaryl/α,β-unsaturated/α-hetero) is 1. The lowest BCUT2D eigenvalue weighted by molar-refractivity contribution is -0.164. The van der Waals surface area contributed by atoms with Crippen molar-refractivity contribution in [3.63, 3.8) is 0 Å². The Labute approximate surface area is 426 Å². The number of carbonyl (C=O) groups excluding carboxylic acids is 6. The van der Waals surface area contributed by atoms with Gasteiger partial charge in [-0.15, -0.1) is 11.8 Å². The molecule has 4 aliphatic rings. The van der Waals surface area contributed by atoms with Crippen LogP contribution in [0.2, 0.25) is 0 Å². The van der Waals surface area contributed by atoms with Gasteiger partial charge < -0.3 is 54.9 Å². The number of ketones is 1. The number of benzene rings is 2. The Hall–Kier alpha value is -5.66. The van der Waals surface area contributed by atoms with E-state index in [9.17, 15) is 43.8 Å². The van der Waals surface area contributed by atoms with Crippen LogP contribution in [0.1, 0.15) is 116 Å². The van der Waals surface area contributed by atoms with Crippen LogP contribution in [0.5, 0.6) is 17.2 Å². The number of fused-ring (bicyclic) bond motifs is 1. The summed E-state index contributed by atoms with van der Waals surface area (Å²) in [4.78, 5) is 94.7. The molecule has 394 valence electrons. The number of esters is 1. The summed E-state index contributed by atoms with van der Waals surface area (Å²) in [7, 11) is 3.13. The second-order valence-electron chi connectivity index (χ2n) is 19.8. The number of methoxy groups -OCH3 is 2. The van der Waals surface area contributed by atoms with Gasteiger partial charge in [-0.25, -0.2) is 9.59 Å². The van der Waals surface area contributed by atoms with Crippen molar-refractivity contribution >= 4 is 53.1 Å². The van der Waals surface area contributed by atoms with Crippen molar-refractivity contribution in [1.29, 1.82) is 0 Å². The van der Waals surface area contributed by atoms with E-state index in [0.717, 1.165) is 12.0 Å². The second-order valence-corrected chi connectivity index (χ2v) is 21.2. The smallest absolute Gasteiger partial charge is 0.353 e. The Kier molecular flexibility index (Phi) is 19.6. The lowest BCUT2D eigenvalue weighted by atomic mass is 9.79. The molecule has 0 saturated carbocycles. The predicted octanol–water partition coefficient (Wildman–Crippen LogP) is 5.10. The summed E-state index contributed by atoms with van der Waals surface area (Å²) < 4.78 is 23.2. The van der Waals surface area contributed by atoms with Gasteiger partial charge in [0.25, 0.3) is 5.91 Å². The fraction of sp³-hybridized carbons (Fsp3) is 0.604. The first-order valence-corrected chi connectivity index (χ1v) is 26.2. The molecule has 0 spiro atoms. The number of nitrogens with one attached hydrogen (secondary N) is 3. The standard InChI is InChI=1S/C53H73N5O13S/c1-8-53(4,5)47(61)50(64)57-25-13-11-17-38(57)52(67)71-39(21-19-33-20-22-40(68-6)41(27-33)69-7)34-15-14-16-35(28-34)70-26-24-54-42(60)18-10-9-12-23-55-48(62)37-29-36(30-56-37)72-46-31(2)44-43(32(3)59)49(63)58(44)45(46)51(65)66/h14-16,20,22,27-28,31-32,36-39,43-44,56,59H,8-13,17-19,21,23-26,29-30H2,1-7H3,(H,54,60)(H,55,62)(H,65,66)/t31-,32-,36+,37+,38+,39-,43-,44-/m1/s1. The molecule has 2 aromatic carbocycles. The van der Waals surface area contributed by atoms with Crippen molar-refractivity contribution in [3.05, 3.63) is 64.2 Å². The van der Waals surface area contributed by atoms with Gasteiger partial charge >= 0.3 is 11.9 Å². The molecule has 0 unspecified atom stereocenters. The van der Waals surface area contributed by atoms with Gasteiger partial charge in [-0.05, 0) is 100 Å². The van der Waals surface area contributed by atoms with Crippen LogP contribution in [0.25, 0.3) is 0 Å². The van der Waals surface area contributed by atoms with E-state index in [2.05, 4.69) is 16.0 Å². The SMILES string of the molecule is CCC(C)(C)C(=O)C(=O)N1CCCC[C@H]1C(=O)O[C@H](CCc1ccc(OC)c(OC)c1)c1cccc(OCCNC(=O)CCCCCNC(=O)[C@@H]2C[C@H](SC3=C(C(=O)O)N4C(=O)[C@H]([C@@H](C)O)[C@H]4[C@H]3C)CN2)c1. The number of likely N-dealkylation sites (tertiary alicyclic amines) is 1. The zero-order chi connectivity index (χ0) is 52.3. The minimum absolute atomic E-state index is 0.0186. The number of β-lactam (4-membered cyclic amide) rings is 1. The maximum atomic E-state index is 14.0. The molecule has 72 heavy (non-hydrogen) atoms. The first-order valence-electron chi connectivity index (χ1n) is 25.3. The number of hydrogen-bond donors (Lipinski definition) is 5. The molecule has 0 radical (unpaired) electrons. The van der Waals surface area contributed by atoms with Crippen molar-refractivity contribution in [1.82, 2.24) is 25.8 Å². The molecule has 3 fully saturated rings. The van der Waals surface area contributed by atoms with Crippen LogP contribution in [0.15, 0.2) is 53.1 Å². The number of aryl methyl sites for hydroxylation is 1. The van der Waals surface area contributed by atoms with Gasteiger partial charge in [-0.2, -0.15) is 0 Å². The number of ether oxygens (including phenoxy) is 4. The summed E-state index contributed by atoms with van der Waals surface area (Å²) in [5.41, 5.74) is 0.737. The highest BCUT2D eigenvalue weighted by molar-refractivity contribution is 8.03. The van der Waals surface area contributed by atoms with E-state index < -0.39 is 59.3 Å². The van der Waals surface area contributed by atoms with Crippen LogP contribution in [0.3, 0.4) is 0 Å². The number of amides is 4. The zero-order valence-electron chi connectivity index (χ0n) is 42.7. The van der Waals surface area contributed by atoms with Gasteiger partial charge in [-0.1, -0.05) is 52.3 Å². The monoisotopic (exact) mass is 1020 g/mol. The van der Waals surface area contributed by atoms with Crippen molar-refractivity contribution in [2.45, 2.75) is 141 Å². The molecule has 3 saturated heterocycles. The second kappa shape index (κ2) is 25.3. The number of unbranched alkanes of at least 4 members (excludes halogenated alkanes) is 2. The van der Waals surface area contributed by atoms with Crippen LogP contribution in [-0.4, -0.2) is 138 Å². The van der Waals surface area contributed by atoms with Crippen LogP contribution >= 0.6 is 11.8 Å². The summed E-state index contributed by atoms with van der Waals surface area (Å²) in [6.45, 7) is 10.5. The van der Waals surface area contributed by atoms with Crippen LogP contribution in [0, 0.1) is 17.3 Å². The van der Waals surface area contributed by atoms with Crippen LogP contribution in [-0.2, 0) is 44.7 Å². The first kappa shape index (κ1) is 55.7. The molecule has 19 heteroatoms. The highest BCUT2D eigenvalue weighted by Crippen LogP contribution is 2.52. The molecule has 4 aliphatic heterocycles. The molecular formula is C53H73N5O13S. The maximum absolute atomic E-state index is 14.0. The van der Waals surface area contributed by atoms with Gasteiger partial charge in [0.2, 0.25) is 23.5 Å². The van der Waals surface area contributed by atoms with Crippen molar-refractivity contribution < 1.29 is 62.7 Å². The van der Waals surface area contributed by atoms with E-state index in [0.29, 0.717) is 112 Å². The molecule has 2 aromatic rings. The Bertz CT molecular complexity index is 2340. The third-order valence-corrected chi connectivity index (χ3v) is 16.0. The number of carbonyl (C=O) groups is 7. The number of carboxylic acids is 1. The van der Waals surface area contributed by atoms with Gasteiger partial charge in [-0.3, -0.25) is 24.0 Å². The van der Waals surface area contributed by atoms with Crippen molar-refractivity contribution in [3.8, 4) is 17.2 Å². The lowest BCUT2D eigenvalue weighted by Crippen LogP contribution is -2.63. The third kappa shape index (κ3) is 13.3. The molecular weight excluding hydrogens is 947 g/mol. The quantitative estimate of drug-likeness (QED) is 0.0357. The van der Waals surface area contributed by atoms with E-state index in [1.807, 2.05) is 38.1 Å². The maximum Gasteiger partial charge on any atom is 0.353 e. The Morgan fingerprint density at radius 2 is 1.74 bits per heavy atom. The molecule has 0 aromatic heterocycles. The zero-order valence-corrected chi connectivity index (χ0v) is 43.5. The van der Waals surface area contributed by atoms with Gasteiger partial charge in [0.05, 0.1) is 44.9 Å². The topological polar surface area (TPSA) is 239 Å². The lowest BCUT2D eigenvalue weighted by Gasteiger charge is -2.46. The number of thioether (sulfide) groups is 1. The Morgan fingerprint density at radius 3 is 2.44 bits per heavy atom. The average molecular weight is 1020 g/mol. The number of nitrogens with zero attached hydrogens (tertiary/aromatic N) is 2. The fourth-order valence-corrected chi connectivity index (χ4v) is 11.4. The Morgan fingerprint density at radius 1 is 0.972 bits per heavy atom. The highest BCUT2D eigenvalue weighted by atomic mass is 32.2. The summed E-state index contributed by atoms with van der Waals surface area (Å²) in [6.07, 6.45) is 4.41. The van der Waals surface area contributed by atoms with Gasteiger partial charge in [0.1, 0.15) is 30.2 Å². The molecule has 18 nitrogen and oxygen atoms in total. The predicted molar refractivity (Wildman–Crippen MR) is 269 cm³/mol. The number of rotatable bonds is 26. The van der Waals surface area contributed by atoms with E-state index in [-0.39, 0.29) is 53.8 Å². The van der Waals surface area contributed by atoms with Crippen LogP contribution in [0.4, 0.5) is 0 Å². The van der Waals surface area contributed by atoms with E-state index in [4.69, 9.17) is 18.9 Å². The van der Waals surface area contributed by atoms with E-state index in [1.54, 1.807) is 53.2 Å². The average Bonchev–Trinajstić information content (AvgIpc) is 3.94. The molecule has 0 bridgehead atoms. The normalized spacial score (nSPS) is 22.6. The number of carboxylic acid groups (broad SMARTS) is 1. The summed E-state index contributed by atoms with van der Waals surface area (Å²) >= 11 is 1.40. The van der Waals surface area contributed by atoms with Gasteiger partial charge in [0.15, 0.2) is 11.5 Å². The molecule has 0 aliphatic carbocycles. The summed E-state index contributed by atoms with van der Waals surface area (Å²) in [5, 5.41) is 29.1. The largest absolute Gasteiger partial charge is 0.493 e. The molecule has 6 rings (SSSR count). The molecule has 4 heterocycles. The fourth-order valence-electron chi connectivity index (χ4n) is 9.87. The summed E-state index contributed by atoms with van der Waals surface area (Å²) in [5.74, 6) is -2.75. The number of hydrogen-bond acceptors (Lipinski definition) is 14. The van der Waals surface area contributed by atoms with Gasteiger partial charge in [0, 0.05) is 47.5 Å². The van der Waals surface area contributed by atoms with Crippen molar-refractivity contribution in [2.75, 3.05) is 47.0 Å². The Balaban J connectivity index is 0.933. The van der Waals surface area contributed by atoms with E-state index >= 15 is 0 Å². The molecule has 5 N–H and O–H groups in total. The number of piperidine rings is 1. The molecule has 8 atom stereocenters. The minimum atomic E-state index is -1.17. The first-order chi connectivity index (χ1) is 34.4.